The Morgan fingerprint density at radius 3 is 3.04 bits per heavy atom. The summed E-state index contributed by atoms with van der Waals surface area (Å²) in [7, 11) is 0. The zero-order valence-corrected chi connectivity index (χ0v) is 16.5. The Kier molecular flexibility index (Phi) is 3.89. The lowest BCUT2D eigenvalue weighted by molar-refractivity contribution is -0.0580. The van der Waals surface area contributed by atoms with E-state index in [1.807, 2.05) is 29.7 Å². The van der Waals surface area contributed by atoms with Crippen LogP contribution in [0.1, 0.15) is 23.3 Å². The van der Waals surface area contributed by atoms with Gasteiger partial charge in [0.15, 0.2) is 5.82 Å². The minimum absolute atomic E-state index is 0.191. The summed E-state index contributed by atoms with van der Waals surface area (Å²) in [5.74, 6) is 1.83. The third kappa shape index (κ3) is 2.64. The molecule has 0 amide bonds. The molecule has 7 heteroatoms. The van der Waals surface area contributed by atoms with Crippen LogP contribution in [0.4, 0.5) is 5.82 Å². The summed E-state index contributed by atoms with van der Waals surface area (Å²) in [6.45, 7) is 3.85. The fourth-order valence-electron chi connectivity index (χ4n) is 4.68. The Morgan fingerprint density at radius 2 is 2.18 bits per heavy atom. The van der Waals surface area contributed by atoms with Crippen molar-refractivity contribution in [1.29, 1.82) is 0 Å². The second-order valence-corrected chi connectivity index (χ2v) is 8.99. The number of hydrogen-bond donors (Lipinski definition) is 0. The van der Waals surface area contributed by atoms with Crippen LogP contribution < -0.4 is 4.90 Å². The largest absolute Gasteiger partial charge is 0.378 e. The molecule has 2 saturated heterocycles. The number of morpholine rings is 1. The second-order valence-electron chi connectivity index (χ2n) is 7.91. The maximum absolute atomic E-state index is 6.16. The Bertz CT molecular complexity index is 1030. The number of ether oxygens (including phenoxy) is 2. The van der Waals surface area contributed by atoms with E-state index in [4.69, 9.17) is 19.4 Å². The fourth-order valence-corrected chi connectivity index (χ4v) is 5.94. The van der Waals surface area contributed by atoms with Crippen LogP contribution in [0.25, 0.3) is 21.6 Å². The highest BCUT2D eigenvalue weighted by atomic mass is 32.1. The maximum Gasteiger partial charge on any atom is 0.164 e. The summed E-state index contributed by atoms with van der Waals surface area (Å²) in [5.41, 5.74) is 2.24. The van der Waals surface area contributed by atoms with Crippen LogP contribution in [0, 0.1) is 0 Å². The standard InChI is InChI=1S/C21H22N4O2S/c1-4-15-16(5-1)28-20-17(15)19(23-18(24-20)14-3-2-7-22-11-14)25-8-10-27-21(12-25)6-9-26-13-21/h2-3,7,11H,1,4-6,8-10,12-13H2. The number of anilines is 1. The van der Waals surface area contributed by atoms with Gasteiger partial charge in [-0.15, -0.1) is 11.3 Å². The number of hydrogen-bond acceptors (Lipinski definition) is 7. The van der Waals surface area contributed by atoms with Gasteiger partial charge in [-0.05, 0) is 37.0 Å². The molecule has 1 aliphatic carbocycles. The van der Waals surface area contributed by atoms with Gasteiger partial charge in [0, 0.05) is 42.4 Å². The van der Waals surface area contributed by atoms with E-state index in [1.165, 1.54) is 28.7 Å². The minimum atomic E-state index is -0.191. The van der Waals surface area contributed by atoms with E-state index in [0.717, 1.165) is 54.6 Å². The molecule has 2 fully saturated rings. The summed E-state index contributed by atoms with van der Waals surface area (Å²) in [6.07, 6.45) is 8.12. The molecular weight excluding hydrogens is 372 g/mol. The molecule has 3 aromatic heterocycles. The molecule has 0 radical (unpaired) electrons. The lowest BCUT2D eigenvalue weighted by Gasteiger charge is -2.40. The quantitative estimate of drug-likeness (QED) is 0.665. The van der Waals surface area contributed by atoms with Crippen molar-refractivity contribution >= 4 is 27.4 Å². The monoisotopic (exact) mass is 394 g/mol. The molecule has 144 valence electrons. The number of aromatic nitrogens is 3. The molecule has 0 bridgehead atoms. The lowest BCUT2D eigenvalue weighted by atomic mass is 10.0. The molecule has 2 aliphatic heterocycles. The van der Waals surface area contributed by atoms with Crippen molar-refractivity contribution < 1.29 is 9.47 Å². The highest BCUT2D eigenvalue weighted by Crippen LogP contribution is 2.42. The van der Waals surface area contributed by atoms with Crippen molar-refractivity contribution in [3.63, 3.8) is 0 Å². The highest BCUT2D eigenvalue weighted by molar-refractivity contribution is 7.19. The van der Waals surface area contributed by atoms with E-state index < -0.39 is 0 Å². The number of thiophene rings is 1. The number of aryl methyl sites for hydroxylation is 2. The molecule has 28 heavy (non-hydrogen) atoms. The molecular formula is C21H22N4O2S. The van der Waals surface area contributed by atoms with E-state index in [9.17, 15) is 0 Å². The highest BCUT2D eigenvalue weighted by Gasteiger charge is 2.41. The first kappa shape index (κ1) is 16.8. The number of nitrogens with zero attached hydrogens (tertiary/aromatic N) is 4. The van der Waals surface area contributed by atoms with Gasteiger partial charge in [0.05, 0.1) is 25.1 Å². The summed E-state index contributed by atoms with van der Waals surface area (Å²) in [4.78, 5) is 19.3. The first-order chi connectivity index (χ1) is 13.8. The van der Waals surface area contributed by atoms with Crippen LogP contribution in [-0.4, -0.2) is 53.5 Å². The van der Waals surface area contributed by atoms with Gasteiger partial charge in [0.1, 0.15) is 16.2 Å². The van der Waals surface area contributed by atoms with E-state index in [-0.39, 0.29) is 5.60 Å². The first-order valence-electron chi connectivity index (χ1n) is 10.0. The Labute approximate surface area is 167 Å². The van der Waals surface area contributed by atoms with Gasteiger partial charge in [0.25, 0.3) is 0 Å². The Hall–Kier alpha value is -2.09. The van der Waals surface area contributed by atoms with Crippen molar-refractivity contribution in [1.82, 2.24) is 15.0 Å². The van der Waals surface area contributed by atoms with Gasteiger partial charge in [-0.3, -0.25) is 4.98 Å². The average Bonchev–Trinajstić information content (AvgIpc) is 3.44. The number of pyridine rings is 1. The summed E-state index contributed by atoms with van der Waals surface area (Å²) in [6, 6.07) is 3.97. The van der Waals surface area contributed by atoms with Crippen molar-refractivity contribution in [3.05, 3.63) is 35.0 Å². The predicted molar refractivity (Wildman–Crippen MR) is 109 cm³/mol. The smallest absolute Gasteiger partial charge is 0.164 e. The normalized spacial score (nSPS) is 24.4. The van der Waals surface area contributed by atoms with E-state index in [2.05, 4.69) is 9.88 Å². The van der Waals surface area contributed by atoms with Gasteiger partial charge >= 0.3 is 0 Å². The van der Waals surface area contributed by atoms with Gasteiger partial charge in [0.2, 0.25) is 0 Å². The van der Waals surface area contributed by atoms with Crippen LogP contribution in [0.3, 0.4) is 0 Å². The van der Waals surface area contributed by atoms with Gasteiger partial charge in [-0.25, -0.2) is 9.97 Å². The molecule has 5 heterocycles. The molecule has 6 rings (SSSR count). The predicted octanol–water partition coefficient (Wildman–Crippen LogP) is 3.24. The summed E-state index contributed by atoms with van der Waals surface area (Å²) < 4.78 is 11.8. The zero-order chi connectivity index (χ0) is 18.6. The topological polar surface area (TPSA) is 60.4 Å². The lowest BCUT2D eigenvalue weighted by Crippen LogP contribution is -2.52. The van der Waals surface area contributed by atoms with Crippen LogP contribution in [0.15, 0.2) is 24.5 Å². The third-order valence-electron chi connectivity index (χ3n) is 6.08. The van der Waals surface area contributed by atoms with Crippen LogP contribution in [0.2, 0.25) is 0 Å². The molecule has 3 aromatic rings. The summed E-state index contributed by atoms with van der Waals surface area (Å²) >= 11 is 1.84. The minimum Gasteiger partial charge on any atom is -0.378 e. The SMILES string of the molecule is c1cncc(-c2nc(N3CCOC4(CCOC4)C3)c3c4c(sc3n2)CCC4)c1. The van der Waals surface area contributed by atoms with Crippen molar-refractivity contribution in [2.45, 2.75) is 31.3 Å². The van der Waals surface area contributed by atoms with Crippen molar-refractivity contribution in [3.8, 4) is 11.4 Å². The van der Waals surface area contributed by atoms with Crippen LogP contribution in [-0.2, 0) is 22.3 Å². The van der Waals surface area contributed by atoms with Crippen molar-refractivity contribution in [2.24, 2.45) is 0 Å². The van der Waals surface area contributed by atoms with Gasteiger partial charge in [-0.2, -0.15) is 0 Å². The number of fused-ring (bicyclic) bond motifs is 3. The van der Waals surface area contributed by atoms with Crippen LogP contribution >= 0.6 is 11.3 Å². The Balaban J connectivity index is 1.51. The second kappa shape index (κ2) is 6.47. The molecule has 3 aliphatic rings. The Morgan fingerprint density at radius 1 is 1.18 bits per heavy atom. The third-order valence-corrected chi connectivity index (χ3v) is 7.27. The van der Waals surface area contributed by atoms with E-state index in [0.29, 0.717) is 13.2 Å². The molecule has 1 atom stereocenters. The first-order valence-corrected chi connectivity index (χ1v) is 10.8. The van der Waals surface area contributed by atoms with E-state index >= 15 is 0 Å². The molecule has 0 saturated carbocycles. The molecule has 1 spiro atoms. The molecule has 6 nitrogen and oxygen atoms in total. The van der Waals surface area contributed by atoms with Gasteiger partial charge < -0.3 is 14.4 Å². The summed E-state index contributed by atoms with van der Waals surface area (Å²) in [5, 5.41) is 1.26. The van der Waals surface area contributed by atoms with Gasteiger partial charge in [-0.1, -0.05) is 0 Å². The van der Waals surface area contributed by atoms with Crippen molar-refractivity contribution in [2.75, 3.05) is 37.8 Å². The van der Waals surface area contributed by atoms with E-state index in [1.54, 1.807) is 6.20 Å². The maximum atomic E-state index is 6.16. The fraction of sp³-hybridized carbons (Fsp3) is 0.476. The zero-order valence-electron chi connectivity index (χ0n) is 15.7. The van der Waals surface area contributed by atoms with Crippen LogP contribution in [0.5, 0.6) is 0 Å². The average molecular weight is 395 g/mol. The molecule has 0 aromatic carbocycles. The molecule has 1 unspecified atom stereocenters. The molecule has 0 N–H and O–H groups in total. The number of rotatable bonds is 2.